The maximum Gasteiger partial charge on any atom is 0.262 e. The van der Waals surface area contributed by atoms with Crippen molar-refractivity contribution in [1.29, 1.82) is 0 Å². The molecule has 2 aromatic carbocycles. The fourth-order valence-electron chi connectivity index (χ4n) is 3.07. The van der Waals surface area contributed by atoms with Crippen molar-refractivity contribution in [2.24, 2.45) is 4.99 Å². The fraction of sp³-hybridized carbons (Fsp3) is 0.125. The molecule has 0 aliphatic carbocycles. The summed E-state index contributed by atoms with van der Waals surface area (Å²) in [4.78, 5) is 22.0. The lowest BCUT2D eigenvalue weighted by Gasteiger charge is -2.07. The molecule has 0 aliphatic rings. The van der Waals surface area contributed by atoms with Gasteiger partial charge in [0, 0.05) is 16.1 Å². The van der Waals surface area contributed by atoms with Crippen LogP contribution in [0.1, 0.15) is 28.5 Å². The number of hydrogen-bond acceptors (Lipinski definition) is 4. The molecular formula is C24H20ClN3O2. The Labute approximate surface area is 179 Å². The molecule has 0 atom stereocenters. The largest absolute Gasteiger partial charge is 0.438 e. The molecule has 0 saturated carbocycles. The third-order valence-corrected chi connectivity index (χ3v) is 4.89. The average Bonchev–Trinajstić information content (AvgIpc) is 2.74. The summed E-state index contributed by atoms with van der Waals surface area (Å²) in [5.74, 6) is 0.104. The number of benzene rings is 2. The van der Waals surface area contributed by atoms with Crippen LogP contribution in [0.15, 0.2) is 76.1 Å². The van der Waals surface area contributed by atoms with E-state index in [4.69, 9.17) is 16.0 Å². The van der Waals surface area contributed by atoms with Gasteiger partial charge in [-0.15, -0.1) is 0 Å². The molecule has 30 heavy (non-hydrogen) atoms. The molecule has 1 amide bonds. The summed E-state index contributed by atoms with van der Waals surface area (Å²) in [6, 6.07) is 20.3. The smallest absolute Gasteiger partial charge is 0.262 e. The molecule has 0 radical (unpaired) electrons. The van der Waals surface area contributed by atoms with E-state index in [0.717, 1.165) is 12.1 Å². The Morgan fingerprint density at radius 2 is 1.90 bits per heavy atom. The third kappa shape index (κ3) is 4.42. The number of anilines is 1. The number of nitrogens with one attached hydrogen (secondary N) is 1. The molecule has 2 heterocycles. The van der Waals surface area contributed by atoms with E-state index in [0.29, 0.717) is 33.1 Å². The zero-order chi connectivity index (χ0) is 21.1. The zero-order valence-corrected chi connectivity index (χ0v) is 17.4. The van der Waals surface area contributed by atoms with Crippen LogP contribution in [0.25, 0.3) is 11.0 Å². The number of carbonyl (C=O) groups is 1. The SMILES string of the molecule is CCc1ccc(N=c2oc3ccc(Cl)cc3cc2C(=O)Nc2cccc(C)n2)cc1. The number of fused-ring (bicyclic) bond motifs is 1. The Hall–Kier alpha value is -3.44. The van der Waals surface area contributed by atoms with Gasteiger partial charge in [0.1, 0.15) is 17.0 Å². The number of carbonyl (C=O) groups excluding carboxylic acids is 1. The molecule has 5 nitrogen and oxygen atoms in total. The molecule has 1 N–H and O–H groups in total. The monoisotopic (exact) mass is 417 g/mol. The molecule has 0 bridgehead atoms. The number of halogens is 1. The van der Waals surface area contributed by atoms with Crippen molar-refractivity contribution < 1.29 is 9.21 Å². The molecule has 4 rings (SSSR count). The number of aryl methyl sites for hydroxylation is 2. The van der Waals surface area contributed by atoms with E-state index < -0.39 is 0 Å². The Kier molecular flexibility index (Phi) is 5.63. The highest BCUT2D eigenvalue weighted by Crippen LogP contribution is 2.20. The van der Waals surface area contributed by atoms with Gasteiger partial charge in [-0.1, -0.05) is 36.7 Å². The van der Waals surface area contributed by atoms with E-state index in [1.54, 1.807) is 30.3 Å². The first-order valence-corrected chi connectivity index (χ1v) is 10.0. The van der Waals surface area contributed by atoms with E-state index in [2.05, 4.69) is 22.2 Å². The lowest BCUT2D eigenvalue weighted by molar-refractivity contribution is 0.102. The quantitative estimate of drug-likeness (QED) is 0.453. The van der Waals surface area contributed by atoms with Crippen LogP contribution in [0.5, 0.6) is 0 Å². The Morgan fingerprint density at radius 3 is 2.63 bits per heavy atom. The zero-order valence-electron chi connectivity index (χ0n) is 16.6. The number of aromatic nitrogens is 1. The van der Waals surface area contributed by atoms with Gasteiger partial charge in [0.25, 0.3) is 5.91 Å². The number of rotatable bonds is 4. The van der Waals surface area contributed by atoms with Gasteiger partial charge < -0.3 is 9.73 Å². The Balaban J connectivity index is 1.83. The Morgan fingerprint density at radius 1 is 1.10 bits per heavy atom. The summed E-state index contributed by atoms with van der Waals surface area (Å²) in [5, 5.41) is 4.09. The minimum atomic E-state index is -0.359. The van der Waals surface area contributed by atoms with Crippen LogP contribution in [-0.4, -0.2) is 10.9 Å². The number of hydrogen-bond donors (Lipinski definition) is 1. The van der Waals surface area contributed by atoms with Crippen molar-refractivity contribution in [2.75, 3.05) is 5.32 Å². The van der Waals surface area contributed by atoms with Crippen LogP contribution in [0.2, 0.25) is 5.02 Å². The van der Waals surface area contributed by atoms with Gasteiger partial charge in [-0.3, -0.25) is 4.79 Å². The molecule has 4 aromatic rings. The van der Waals surface area contributed by atoms with Crippen molar-refractivity contribution in [2.45, 2.75) is 20.3 Å². The van der Waals surface area contributed by atoms with Crippen LogP contribution in [0.3, 0.4) is 0 Å². The molecule has 0 saturated heterocycles. The van der Waals surface area contributed by atoms with E-state index in [1.807, 2.05) is 43.3 Å². The van der Waals surface area contributed by atoms with Crippen LogP contribution in [0.4, 0.5) is 11.5 Å². The van der Waals surface area contributed by atoms with Crippen molar-refractivity contribution in [1.82, 2.24) is 4.98 Å². The highest BCUT2D eigenvalue weighted by atomic mass is 35.5. The third-order valence-electron chi connectivity index (χ3n) is 4.66. The Bertz CT molecular complexity index is 1290. The van der Waals surface area contributed by atoms with E-state index >= 15 is 0 Å². The topological polar surface area (TPSA) is 67.5 Å². The summed E-state index contributed by atoms with van der Waals surface area (Å²) in [6.45, 7) is 3.96. The summed E-state index contributed by atoms with van der Waals surface area (Å²) < 4.78 is 5.98. The first-order chi connectivity index (χ1) is 14.5. The van der Waals surface area contributed by atoms with Gasteiger partial charge >= 0.3 is 0 Å². The van der Waals surface area contributed by atoms with Crippen LogP contribution < -0.4 is 10.9 Å². The molecular weight excluding hydrogens is 398 g/mol. The molecule has 0 aliphatic heterocycles. The van der Waals surface area contributed by atoms with Crippen molar-refractivity contribution >= 4 is 40.0 Å². The van der Waals surface area contributed by atoms with Crippen LogP contribution in [-0.2, 0) is 6.42 Å². The maximum absolute atomic E-state index is 13.1. The molecule has 6 heteroatoms. The minimum Gasteiger partial charge on any atom is -0.438 e. The molecule has 0 fully saturated rings. The summed E-state index contributed by atoms with van der Waals surface area (Å²) in [5.41, 5.74) is 3.83. The van der Waals surface area contributed by atoms with Crippen molar-refractivity contribution in [3.8, 4) is 0 Å². The lowest BCUT2D eigenvalue weighted by atomic mass is 10.1. The van der Waals surface area contributed by atoms with E-state index in [1.165, 1.54) is 5.56 Å². The fourth-order valence-corrected chi connectivity index (χ4v) is 3.25. The molecule has 150 valence electrons. The maximum atomic E-state index is 13.1. The summed E-state index contributed by atoms with van der Waals surface area (Å²) in [7, 11) is 0. The average molecular weight is 418 g/mol. The molecule has 0 spiro atoms. The van der Waals surface area contributed by atoms with Gasteiger partial charge in [-0.2, -0.15) is 0 Å². The van der Waals surface area contributed by atoms with Gasteiger partial charge in [-0.25, -0.2) is 9.98 Å². The second-order valence-electron chi connectivity index (χ2n) is 6.90. The lowest BCUT2D eigenvalue weighted by Crippen LogP contribution is -2.22. The normalized spacial score (nSPS) is 11.6. The van der Waals surface area contributed by atoms with Gasteiger partial charge in [0.15, 0.2) is 0 Å². The highest BCUT2D eigenvalue weighted by Gasteiger charge is 2.14. The predicted octanol–water partition coefficient (Wildman–Crippen LogP) is 5.84. The highest BCUT2D eigenvalue weighted by molar-refractivity contribution is 6.31. The first kappa shape index (κ1) is 19.9. The van der Waals surface area contributed by atoms with Crippen LogP contribution >= 0.6 is 11.6 Å². The predicted molar refractivity (Wildman–Crippen MR) is 119 cm³/mol. The number of amides is 1. The summed E-state index contributed by atoms with van der Waals surface area (Å²) in [6.07, 6.45) is 0.943. The van der Waals surface area contributed by atoms with E-state index in [-0.39, 0.29) is 11.5 Å². The van der Waals surface area contributed by atoms with Crippen molar-refractivity contribution in [3.05, 3.63) is 94.1 Å². The second-order valence-corrected chi connectivity index (χ2v) is 7.33. The second kappa shape index (κ2) is 8.51. The van der Waals surface area contributed by atoms with Gasteiger partial charge in [0.2, 0.25) is 5.55 Å². The number of nitrogens with zero attached hydrogens (tertiary/aromatic N) is 2. The molecule has 2 aromatic heterocycles. The summed E-state index contributed by atoms with van der Waals surface area (Å²) >= 11 is 6.12. The van der Waals surface area contributed by atoms with Gasteiger partial charge in [-0.05, 0) is 67.4 Å². The van der Waals surface area contributed by atoms with Gasteiger partial charge in [0.05, 0.1) is 5.69 Å². The molecule has 0 unspecified atom stereocenters. The minimum absolute atomic E-state index is 0.222. The number of pyridine rings is 1. The first-order valence-electron chi connectivity index (χ1n) is 9.64. The standard InChI is InChI=1S/C24H20ClN3O2/c1-3-16-7-10-19(11-8-16)27-24-20(14-17-13-18(25)9-12-21(17)30-24)23(29)28-22-6-4-5-15(2)26-22/h4-14H,3H2,1-2H3,(H,26,28,29). The van der Waals surface area contributed by atoms with Crippen molar-refractivity contribution in [3.63, 3.8) is 0 Å². The van der Waals surface area contributed by atoms with E-state index in [9.17, 15) is 4.79 Å². The van der Waals surface area contributed by atoms with Crippen LogP contribution in [0, 0.1) is 6.92 Å².